The first-order chi connectivity index (χ1) is 22.3. The summed E-state index contributed by atoms with van der Waals surface area (Å²) in [6.45, 7) is 0. The summed E-state index contributed by atoms with van der Waals surface area (Å²) in [5.74, 6) is 0. The molecule has 8 aromatic rings. The Morgan fingerprint density at radius 3 is 2.29 bits per heavy atom. The van der Waals surface area contributed by atoms with E-state index < -0.39 is 0 Å². The summed E-state index contributed by atoms with van der Waals surface area (Å²) in [5, 5.41) is 11.1. The summed E-state index contributed by atoms with van der Waals surface area (Å²) in [6, 6.07) is 38.4. The summed E-state index contributed by atoms with van der Waals surface area (Å²) in [6.07, 6.45) is 14.0. The highest BCUT2D eigenvalue weighted by atomic mass is 15.1. The van der Waals surface area contributed by atoms with Crippen molar-refractivity contribution in [2.24, 2.45) is 0 Å². The Labute approximate surface area is 259 Å². The van der Waals surface area contributed by atoms with Gasteiger partial charge in [0, 0.05) is 52.4 Å². The molecule has 0 amide bonds. The number of benzene rings is 4. The van der Waals surface area contributed by atoms with Gasteiger partial charge in [-0.3, -0.25) is 14.5 Å². The molecule has 5 heteroatoms. The monoisotopic (exact) mass is 577 g/mol. The highest BCUT2D eigenvalue weighted by molar-refractivity contribution is 6.12. The number of hydrogen-bond donors (Lipinski definition) is 1. The van der Waals surface area contributed by atoms with Gasteiger partial charge < -0.3 is 5.32 Å². The molecule has 1 atom stereocenters. The molecule has 1 unspecified atom stereocenters. The Kier molecular flexibility index (Phi) is 5.81. The maximum Gasteiger partial charge on any atom is 0.145 e. The van der Waals surface area contributed by atoms with Gasteiger partial charge in [-0.2, -0.15) is 0 Å². The third-order valence-electron chi connectivity index (χ3n) is 8.81. The summed E-state index contributed by atoms with van der Waals surface area (Å²) in [7, 11) is 0. The highest BCUT2D eigenvalue weighted by Crippen LogP contribution is 2.38. The first kappa shape index (κ1) is 25.4. The minimum Gasteiger partial charge on any atom is -0.374 e. The van der Waals surface area contributed by atoms with Crippen LogP contribution in [0.1, 0.15) is 22.7 Å². The van der Waals surface area contributed by atoms with E-state index in [0.29, 0.717) is 0 Å². The number of nitrogens with zero attached hydrogens (tertiary/aromatic N) is 4. The number of pyridine rings is 3. The number of fused-ring (bicyclic) bond motifs is 6. The van der Waals surface area contributed by atoms with Crippen molar-refractivity contribution in [1.82, 2.24) is 24.8 Å². The van der Waals surface area contributed by atoms with Crippen molar-refractivity contribution in [1.29, 1.82) is 0 Å². The van der Waals surface area contributed by atoms with Gasteiger partial charge in [0.05, 0.1) is 23.4 Å². The Hall–Kier alpha value is -6.07. The predicted octanol–water partition coefficient (Wildman–Crippen LogP) is 9.04. The summed E-state index contributed by atoms with van der Waals surface area (Å²) in [4.78, 5) is 14.0. The van der Waals surface area contributed by atoms with Gasteiger partial charge in [0.25, 0.3) is 0 Å². The number of hydrogen-bond acceptors (Lipinski definition) is 4. The molecule has 212 valence electrons. The number of aromatic nitrogens is 4. The van der Waals surface area contributed by atoms with Crippen LogP contribution in [-0.4, -0.2) is 19.5 Å². The van der Waals surface area contributed by atoms with E-state index >= 15 is 0 Å². The first-order valence-electron chi connectivity index (χ1n) is 15.1. The standard InChI is InChI=1S/C40H27N5/c1-2-11-31-26(9-1)20-36(33-13-4-3-12-32(31)33)38-22-28(21-37(44-38)27-10-7-17-41-23-27)29-19-30(25-42-24-29)45-39-16-6-5-14-34(39)35-15-8-18-43-40(35)45/h1-25,37,44H. The van der Waals surface area contributed by atoms with Crippen LogP contribution in [0, 0.1) is 0 Å². The van der Waals surface area contributed by atoms with Gasteiger partial charge in [-0.15, -0.1) is 0 Å². The SMILES string of the molecule is C1=C(c2cncc(-n3c4ccccc4c4cccnc43)c2)C=C(c2cc3ccccc3c3ccccc23)NC1c1cccnc1. The van der Waals surface area contributed by atoms with E-state index in [0.717, 1.165) is 44.6 Å². The zero-order valence-electron chi connectivity index (χ0n) is 24.3. The van der Waals surface area contributed by atoms with Crippen LogP contribution in [0.4, 0.5) is 0 Å². The molecule has 0 radical (unpaired) electrons. The van der Waals surface area contributed by atoms with Gasteiger partial charge in [0.2, 0.25) is 0 Å². The van der Waals surface area contributed by atoms with Crippen molar-refractivity contribution in [3.05, 3.63) is 169 Å². The van der Waals surface area contributed by atoms with E-state index in [1.165, 1.54) is 32.5 Å². The van der Waals surface area contributed by atoms with Crippen LogP contribution in [0.3, 0.4) is 0 Å². The molecule has 0 bridgehead atoms. The lowest BCUT2D eigenvalue weighted by Gasteiger charge is -2.26. The quantitative estimate of drug-likeness (QED) is 0.212. The molecule has 0 fully saturated rings. The van der Waals surface area contributed by atoms with E-state index in [1.807, 2.05) is 43.1 Å². The molecule has 4 aromatic carbocycles. The fourth-order valence-electron chi connectivity index (χ4n) is 6.75. The second-order valence-corrected chi connectivity index (χ2v) is 11.4. The molecule has 9 rings (SSSR count). The molecule has 1 N–H and O–H groups in total. The first-order valence-corrected chi connectivity index (χ1v) is 15.1. The smallest absolute Gasteiger partial charge is 0.145 e. The van der Waals surface area contributed by atoms with Crippen molar-refractivity contribution in [2.45, 2.75) is 6.04 Å². The second kappa shape index (κ2) is 10.3. The molecule has 4 aromatic heterocycles. The van der Waals surface area contributed by atoms with Gasteiger partial charge in [-0.05, 0) is 81.2 Å². The molecule has 0 aliphatic carbocycles. The fraction of sp³-hybridized carbons (Fsp3) is 0.0250. The normalized spacial score (nSPS) is 14.9. The minimum absolute atomic E-state index is 0.0718. The lowest BCUT2D eigenvalue weighted by Crippen LogP contribution is -2.22. The van der Waals surface area contributed by atoms with Crippen LogP contribution in [0.25, 0.3) is 60.4 Å². The molecule has 1 aliphatic rings. The second-order valence-electron chi connectivity index (χ2n) is 11.4. The van der Waals surface area contributed by atoms with Crippen molar-refractivity contribution in [2.75, 3.05) is 0 Å². The molecular formula is C40H27N5. The number of allylic oxidation sites excluding steroid dienone is 2. The van der Waals surface area contributed by atoms with Crippen LogP contribution in [0.2, 0.25) is 0 Å². The molecule has 0 spiro atoms. The summed E-state index contributed by atoms with van der Waals surface area (Å²) >= 11 is 0. The van der Waals surface area contributed by atoms with Gasteiger partial charge in [-0.1, -0.05) is 72.8 Å². The van der Waals surface area contributed by atoms with Crippen LogP contribution in [-0.2, 0) is 0 Å². The van der Waals surface area contributed by atoms with E-state index in [-0.39, 0.29) is 6.04 Å². The Morgan fingerprint density at radius 1 is 0.622 bits per heavy atom. The summed E-state index contributed by atoms with van der Waals surface area (Å²) in [5.41, 5.74) is 8.46. The maximum atomic E-state index is 4.79. The van der Waals surface area contributed by atoms with Crippen molar-refractivity contribution in [3.63, 3.8) is 0 Å². The van der Waals surface area contributed by atoms with Crippen LogP contribution in [0.15, 0.2) is 152 Å². The van der Waals surface area contributed by atoms with Gasteiger partial charge in [0.1, 0.15) is 5.65 Å². The van der Waals surface area contributed by atoms with Gasteiger partial charge in [0.15, 0.2) is 0 Å². The third kappa shape index (κ3) is 4.20. The topological polar surface area (TPSA) is 55.6 Å². The van der Waals surface area contributed by atoms with Crippen LogP contribution in [0.5, 0.6) is 0 Å². The Morgan fingerprint density at radius 2 is 1.40 bits per heavy atom. The number of nitrogens with one attached hydrogen (secondary N) is 1. The molecule has 0 saturated carbocycles. The average Bonchev–Trinajstić information content (AvgIpc) is 3.46. The van der Waals surface area contributed by atoms with Crippen molar-refractivity contribution < 1.29 is 0 Å². The van der Waals surface area contributed by atoms with Gasteiger partial charge >= 0.3 is 0 Å². The van der Waals surface area contributed by atoms with E-state index in [2.05, 4.69) is 124 Å². The van der Waals surface area contributed by atoms with Crippen molar-refractivity contribution >= 4 is 54.8 Å². The minimum atomic E-state index is -0.0718. The van der Waals surface area contributed by atoms with E-state index in [9.17, 15) is 0 Å². The highest BCUT2D eigenvalue weighted by Gasteiger charge is 2.21. The van der Waals surface area contributed by atoms with Gasteiger partial charge in [-0.25, -0.2) is 4.98 Å². The molecule has 5 nitrogen and oxygen atoms in total. The zero-order chi connectivity index (χ0) is 29.7. The van der Waals surface area contributed by atoms with E-state index in [4.69, 9.17) is 9.97 Å². The fourth-order valence-corrected chi connectivity index (χ4v) is 6.75. The average molecular weight is 578 g/mol. The number of dihydropyridines is 1. The van der Waals surface area contributed by atoms with Crippen LogP contribution < -0.4 is 5.32 Å². The molecule has 45 heavy (non-hydrogen) atoms. The number of rotatable bonds is 4. The molecule has 0 saturated heterocycles. The lowest BCUT2D eigenvalue weighted by atomic mass is 9.91. The third-order valence-corrected chi connectivity index (χ3v) is 8.81. The molecule has 5 heterocycles. The van der Waals surface area contributed by atoms with Crippen molar-refractivity contribution in [3.8, 4) is 5.69 Å². The zero-order valence-corrected chi connectivity index (χ0v) is 24.3. The number of para-hydroxylation sites is 1. The predicted molar refractivity (Wildman–Crippen MR) is 184 cm³/mol. The lowest BCUT2D eigenvalue weighted by molar-refractivity contribution is 0.763. The van der Waals surface area contributed by atoms with Crippen LogP contribution >= 0.6 is 0 Å². The maximum absolute atomic E-state index is 4.79. The molecular weight excluding hydrogens is 550 g/mol. The van der Waals surface area contributed by atoms with E-state index in [1.54, 1.807) is 0 Å². The largest absolute Gasteiger partial charge is 0.374 e. The molecule has 1 aliphatic heterocycles. The Bertz CT molecular complexity index is 2420. The Balaban J connectivity index is 1.25. The summed E-state index contributed by atoms with van der Waals surface area (Å²) < 4.78 is 2.21.